The molecule has 3 heteroatoms. The second kappa shape index (κ2) is 17.3. The summed E-state index contributed by atoms with van der Waals surface area (Å²) < 4.78 is 0. The highest BCUT2D eigenvalue weighted by molar-refractivity contribution is 5.84. The zero-order valence-corrected chi connectivity index (χ0v) is 18.9. The Morgan fingerprint density at radius 2 is 1.26 bits per heavy atom. The minimum absolute atomic E-state index is 0.147. The number of allylic oxidation sites excluding steroid dienone is 2. The minimum Gasteiger partial charge on any atom is -0.368 e. The first-order valence-electron chi connectivity index (χ1n) is 11.8. The second-order valence-electron chi connectivity index (χ2n) is 7.90. The van der Waals surface area contributed by atoms with Gasteiger partial charge in [-0.3, -0.25) is 9.69 Å². The maximum atomic E-state index is 12.1. The monoisotopic (exact) mass is 380 g/mol. The molecule has 0 aromatic heterocycles. The summed E-state index contributed by atoms with van der Waals surface area (Å²) in [6.07, 6.45) is 21.9. The Morgan fingerprint density at radius 3 is 1.70 bits per heavy atom. The third-order valence-corrected chi connectivity index (χ3v) is 6.01. The lowest BCUT2D eigenvalue weighted by molar-refractivity contribution is -0.131. The highest BCUT2D eigenvalue weighted by Crippen LogP contribution is 2.26. The molecule has 0 aliphatic carbocycles. The number of primary amides is 1. The molecule has 0 spiro atoms. The van der Waals surface area contributed by atoms with Crippen molar-refractivity contribution in [1.29, 1.82) is 0 Å². The topological polar surface area (TPSA) is 46.3 Å². The van der Waals surface area contributed by atoms with Crippen LogP contribution in [0.15, 0.2) is 12.2 Å². The molecule has 0 saturated carbocycles. The SMILES string of the molecule is CCCCCCCC/C=C\CCCCCCC(CC)(C(N)=O)N(CC)CC. The molecule has 0 fully saturated rings. The van der Waals surface area contributed by atoms with Gasteiger partial charge in [0.15, 0.2) is 0 Å². The summed E-state index contributed by atoms with van der Waals surface area (Å²) in [5.74, 6) is -0.147. The van der Waals surface area contributed by atoms with Crippen LogP contribution in [0.4, 0.5) is 0 Å². The quantitative estimate of drug-likeness (QED) is 0.202. The fourth-order valence-electron chi connectivity index (χ4n) is 4.15. The van der Waals surface area contributed by atoms with Crippen LogP contribution in [-0.4, -0.2) is 29.4 Å². The van der Waals surface area contributed by atoms with Gasteiger partial charge in [0.1, 0.15) is 0 Å². The average molecular weight is 381 g/mol. The largest absolute Gasteiger partial charge is 0.368 e. The van der Waals surface area contributed by atoms with E-state index in [9.17, 15) is 4.79 Å². The molecule has 0 aromatic rings. The third kappa shape index (κ3) is 10.9. The van der Waals surface area contributed by atoms with Crippen molar-refractivity contribution in [3.05, 3.63) is 12.2 Å². The predicted molar refractivity (Wildman–Crippen MR) is 120 cm³/mol. The Morgan fingerprint density at radius 1 is 0.778 bits per heavy atom. The maximum Gasteiger partial charge on any atom is 0.237 e. The van der Waals surface area contributed by atoms with E-state index in [1.165, 1.54) is 70.6 Å². The van der Waals surface area contributed by atoms with Crippen LogP contribution in [-0.2, 0) is 4.79 Å². The number of nitrogens with zero attached hydrogens (tertiary/aromatic N) is 1. The Bertz CT molecular complexity index is 377. The summed E-state index contributed by atoms with van der Waals surface area (Å²) in [7, 11) is 0. The number of unbranched alkanes of at least 4 members (excludes halogenated alkanes) is 10. The maximum absolute atomic E-state index is 12.1. The number of carbonyl (C=O) groups is 1. The predicted octanol–water partition coefficient (Wildman–Crippen LogP) is 6.61. The number of nitrogens with two attached hydrogens (primary N) is 1. The summed E-state index contributed by atoms with van der Waals surface area (Å²) in [5, 5.41) is 0. The number of carbonyl (C=O) groups excluding carboxylic acids is 1. The van der Waals surface area contributed by atoms with E-state index in [1.807, 2.05) is 0 Å². The van der Waals surface area contributed by atoms with Crippen LogP contribution in [0.5, 0.6) is 0 Å². The first-order valence-corrected chi connectivity index (χ1v) is 11.8. The molecule has 3 nitrogen and oxygen atoms in total. The van der Waals surface area contributed by atoms with Gasteiger partial charge < -0.3 is 5.73 Å². The highest BCUT2D eigenvalue weighted by atomic mass is 16.1. The molecule has 1 amide bonds. The third-order valence-electron chi connectivity index (χ3n) is 6.01. The standard InChI is InChI=1S/C24H48N2O/c1-5-9-10-11-12-13-14-15-16-17-18-19-20-21-22-24(6-2,23(25)27)26(7-3)8-4/h15-16H,5-14,17-22H2,1-4H3,(H2,25,27)/b16-15-. The molecule has 0 radical (unpaired) electrons. The van der Waals surface area contributed by atoms with E-state index in [4.69, 9.17) is 5.73 Å². The van der Waals surface area contributed by atoms with Crippen LogP contribution in [0.3, 0.4) is 0 Å². The van der Waals surface area contributed by atoms with Crippen LogP contribution in [0.1, 0.15) is 118 Å². The van der Waals surface area contributed by atoms with Crippen molar-refractivity contribution in [2.75, 3.05) is 13.1 Å². The molecule has 1 atom stereocenters. The molecule has 27 heavy (non-hydrogen) atoms. The van der Waals surface area contributed by atoms with Crippen LogP contribution < -0.4 is 5.73 Å². The van der Waals surface area contributed by atoms with E-state index < -0.39 is 5.54 Å². The van der Waals surface area contributed by atoms with Crippen molar-refractivity contribution >= 4 is 5.91 Å². The van der Waals surface area contributed by atoms with Gasteiger partial charge in [0.2, 0.25) is 5.91 Å². The van der Waals surface area contributed by atoms with Crippen LogP contribution in [0, 0.1) is 0 Å². The van der Waals surface area contributed by atoms with E-state index in [1.54, 1.807) is 0 Å². The van der Waals surface area contributed by atoms with E-state index in [-0.39, 0.29) is 5.91 Å². The summed E-state index contributed by atoms with van der Waals surface area (Å²) >= 11 is 0. The molecule has 0 aliphatic rings. The van der Waals surface area contributed by atoms with Crippen molar-refractivity contribution in [3.8, 4) is 0 Å². The minimum atomic E-state index is -0.444. The Balaban J connectivity index is 3.85. The van der Waals surface area contributed by atoms with Gasteiger partial charge in [-0.2, -0.15) is 0 Å². The smallest absolute Gasteiger partial charge is 0.237 e. The molecule has 2 N–H and O–H groups in total. The van der Waals surface area contributed by atoms with Gasteiger partial charge in [0.25, 0.3) is 0 Å². The summed E-state index contributed by atoms with van der Waals surface area (Å²) in [4.78, 5) is 14.4. The zero-order valence-electron chi connectivity index (χ0n) is 18.9. The lowest BCUT2D eigenvalue weighted by Crippen LogP contribution is -2.57. The lowest BCUT2D eigenvalue weighted by atomic mass is 9.86. The number of rotatable bonds is 19. The second-order valence-corrected chi connectivity index (χ2v) is 7.90. The van der Waals surface area contributed by atoms with Crippen molar-refractivity contribution in [1.82, 2.24) is 4.90 Å². The number of hydrogen-bond acceptors (Lipinski definition) is 2. The lowest BCUT2D eigenvalue weighted by Gasteiger charge is -2.40. The van der Waals surface area contributed by atoms with E-state index >= 15 is 0 Å². The van der Waals surface area contributed by atoms with E-state index in [0.717, 1.165) is 32.4 Å². The van der Waals surface area contributed by atoms with Gasteiger partial charge >= 0.3 is 0 Å². The molecule has 160 valence electrons. The fraction of sp³-hybridized carbons (Fsp3) is 0.875. The number of likely N-dealkylation sites (N-methyl/N-ethyl adjacent to an activating group) is 1. The Kier molecular flexibility index (Phi) is 16.7. The molecule has 0 saturated heterocycles. The summed E-state index contributed by atoms with van der Waals surface area (Å²) in [6, 6.07) is 0. The molecule has 0 rings (SSSR count). The first-order chi connectivity index (χ1) is 13.1. The van der Waals surface area contributed by atoms with E-state index in [2.05, 4.69) is 44.7 Å². The van der Waals surface area contributed by atoms with Gasteiger partial charge in [-0.1, -0.05) is 91.2 Å². The van der Waals surface area contributed by atoms with Gasteiger partial charge in [0, 0.05) is 0 Å². The van der Waals surface area contributed by atoms with Crippen LogP contribution >= 0.6 is 0 Å². The fourth-order valence-corrected chi connectivity index (χ4v) is 4.15. The molecule has 0 aliphatic heterocycles. The molecule has 0 bridgehead atoms. The van der Waals surface area contributed by atoms with Gasteiger partial charge in [-0.25, -0.2) is 0 Å². The Labute approximate surface area is 170 Å². The molecular weight excluding hydrogens is 332 g/mol. The van der Waals surface area contributed by atoms with Crippen molar-refractivity contribution in [2.24, 2.45) is 5.73 Å². The number of amides is 1. The Hall–Kier alpha value is -0.830. The van der Waals surface area contributed by atoms with Crippen molar-refractivity contribution in [3.63, 3.8) is 0 Å². The summed E-state index contributed by atoms with van der Waals surface area (Å²) in [5.41, 5.74) is 5.35. The molecule has 1 unspecified atom stereocenters. The normalized spacial score (nSPS) is 14.1. The first kappa shape index (κ1) is 26.2. The molecule has 0 heterocycles. The van der Waals surface area contributed by atoms with Gasteiger partial charge in [0.05, 0.1) is 5.54 Å². The molecular formula is C24H48N2O. The van der Waals surface area contributed by atoms with Crippen LogP contribution in [0.2, 0.25) is 0 Å². The van der Waals surface area contributed by atoms with Gasteiger partial charge in [-0.15, -0.1) is 0 Å². The van der Waals surface area contributed by atoms with Crippen molar-refractivity contribution in [2.45, 2.75) is 123 Å². The highest BCUT2D eigenvalue weighted by Gasteiger charge is 2.38. The van der Waals surface area contributed by atoms with Crippen molar-refractivity contribution < 1.29 is 4.79 Å². The van der Waals surface area contributed by atoms with Crippen LogP contribution in [0.25, 0.3) is 0 Å². The summed E-state index contributed by atoms with van der Waals surface area (Å²) in [6.45, 7) is 10.4. The average Bonchev–Trinajstić information content (AvgIpc) is 2.67. The van der Waals surface area contributed by atoms with Gasteiger partial charge in [-0.05, 0) is 51.6 Å². The number of hydrogen-bond donors (Lipinski definition) is 1. The zero-order chi connectivity index (χ0) is 20.4. The molecule has 0 aromatic carbocycles. The van der Waals surface area contributed by atoms with E-state index in [0.29, 0.717) is 0 Å².